The van der Waals surface area contributed by atoms with Gasteiger partial charge in [-0.25, -0.2) is 4.39 Å². The molecule has 3 N–H and O–H groups in total. The van der Waals surface area contributed by atoms with E-state index < -0.39 is 17.8 Å². The van der Waals surface area contributed by atoms with E-state index in [-0.39, 0.29) is 12.2 Å². The molecule has 2 aromatic carbocycles. The summed E-state index contributed by atoms with van der Waals surface area (Å²) in [5.41, 5.74) is 1.21. The second-order valence-electron chi connectivity index (χ2n) is 4.70. The van der Waals surface area contributed by atoms with Crippen molar-refractivity contribution in [2.45, 2.75) is 6.04 Å². The number of carbonyl (C=O) groups excluding carboxylic acids is 1. The van der Waals surface area contributed by atoms with Gasteiger partial charge in [-0.3, -0.25) is 4.79 Å². The summed E-state index contributed by atoms with van der Waals surface area (Å²) in [6.45, 7) is -0.273. The Bertz CT molecular complexity index is 662. The molecular weight excluding hydrogens is 307 g/mol. The lowest BCUT2D eigenvalue weighted by molar-refractivity contribution is 0.0916. The van der Waals surface area contributed by atoms with Crippen LogP contribution >= 0.6 is 11.6 Å². The van der Waals surface area contributed by atoms with Gasteiger partial charge < -0.3 is 15.7 Å². The number of benzene rings is 2. The number of hydrogen-bond donors (Lipinski definition) is 3. The Kier molecular flexibility index (Phi) is 5.35. The van der Waals surface area contributed by atoms with Crippen LogP contribution in [0.4, 0.5) is 10.1 Å². The van der Waals surface area contributed by atoms with Crippen molar-refractivity contribution in [3.63, 3.8) is 0 Å². The average Bonchev–Trinajstić information content (AvgIpc) is 2.53. The van der Waals surface area contributed by atoms with E-state index in [4.69, 9.17) is 11.6 Å². The molecule has 2 rings (SSSR count). The zero-order valence-electron chi connectivity index (χ0n) is 11.9. The Hall–Kier alpha value is -2.11. The predicted molar refractivity (Wildman–Crippen MR) is 84.7 cm³/mol. The molecule has 0 heterocycles. The number of amides is 1. The first-order chi connectivity index (χ1) is 10.5. The number of carbonyl (C=O) groups is 1. The minimum absolute atomic E-state index is 0.184. The lowest BCUT2D eigenvalue weighted by atomic mass is 10.1. The molecule has 0 aliphatic rings. The van der Waals surface area contributed by atoms with Crippen LogP contribution in [-0.2, 0) is 0 Å². The maximum absolute atomic E-state index is 13.7. The van der Waals surface area contributed by atoms with Gasteiger partial charge in [0.25, 0.3) is 5.91 Å². The van der Waals surface area contributed by atoms with Crippen molar-refractivity contribution < 1.29 is 14.3 Å². The number of nitrogens with one attached hydrogen (secondary N) is 2. The first-order valence-corrected chi connectivity index (χ1v) is 7.07. The SMILES string of the molecule is CNc1ccc(C(=O)NC(CO)c2ccc(Cl)cc2)cc1F. The van der Waals surface area contributed by atoms with E-state index in [1.165, 1.54) is 12.1 Å². The summed E-state index contributed by atoms with van der Waals surface area (Å²) in [4.78, 5) is 12.2. The molecule has 0 spiro atoms. The highest BCUT2D eigenvalue weighted by atomic mass is 35.5. The second kappa shape index (κ2) is 7.24. The molecule has 1 atom stereocenters. The molecule has 0 fully saturated rings. The molecular formula is C16H16ClFN2O2. The van der Waals surface area contributed by atoms with Gasteiger partial charge in [-0.05, 0) is 35.9 Å². The third-order valence-corrected chi connectivity index (χ3v) is 3.51. The van der Waals surface area contributed by atoms with Crippen LogP contribution < -0.4 is 10.6 Å². The van der Waals surface area contributed by atoms with Crippen molar-refractivity contribution in [1.82, 2.24) is 5.32 Å². The van der Waals surface area contributed by atoms with E-state index in [0.29, 0.717) is 16.3 Å². The number of aliphatic hydroxyl groups excluding tert-OH is 1. The van der Waals surface area contributed by atoms with E-state index in [0.717, 1.165) is 6.07 Å². The minimum Gasteiger partial charge on any atom is -0.394 e. The number of hydrogen-bond acceptors (Lipinski definition) is 3. The zero-order valence-corrected chi connectivity index (χ0v) is 12.7. The summed E-state index contributed by atoms with van der Waals surface area (Å²) >= 11 is 5.81. The molecule has 22 heavy (non-hydrogen) atoms. The highest BCUT2D eigenvalue weighted by Crippen LogP contribution is 2.18. The lowest BCUT2D eigenvalue weighted by Crippen LogP contribution is -2.30. The Labute approximate surface area is 132 Å². The van der Waals surface area contributed by atoms with Crippen molar-refractivity contribution in [2.24, 2.45) is 0 Å². The molecule has 1 unspecified atom stereocenters. The predicted octanol–water partition coefficient (Wildman–Crippen LogP) is 2.98. The van der Waals surface area contributed by atoms with Crippen molar-refractivity contribution in [3.8, 4) is 0 Å². The van der Waals surface area contributed by atoms with E-state index in [2.05, 4.69) is 10.6 Å². The number of aliphatic hydroxyl groups is 1. The van der Waals surface area contributed by atoms with Crippen LogP contribution in [-0.4, -0.2) is 24.7 Å². The van der Waals surface area contributed by atoms with Crippen molar-refractivity contribution in [1.29, 1.82) is 0 Å². The maximum Gasteiger partial charge on any atom is 0.251 e. The van der Waals surface area contributed by atoms with Gasteiger partial charge in [0, 0.05) is 17.6 Å². The van der Waals surface area contributed by atoms with E-state index in [1.54, 1.807) is 31.3 Å². The molecule has 116 valence electrons. The van der Waals surface area contributed by atoms with Crippen LogP contribution in [0.15, 0.2) is 42.5 Å². The summed E-state index contributed by atoms with van der Waals surface area (Å²) in [5.74, 6) is -0.974. The fourth-order valence-electron chi connectivity index (χ4n) is 2.03. The number of anilines is 1. The first-order valence-electron chi connectivity index (χ1n) is 6.69. The van der Waals surface area contributed by atoms with E-state index >= 15 is 0 Å². The van der Waals surface area contributed by atoms with Gasteiger partial charge >= 0.3 is 0 Å². The topological polar surface area (TPSA) is 61.4 Å². The van der Waals surface area contributed by atoms with Gasteiger partial charge in [-0.2, -0.15) is 0 Å². The van der Waals surface area contributed by atoms with Gasteiger partial charge in [-0.15, -0.1) is 0 Å². The normalized spacial score (nSPS) is 11.8. The van der Waals surface area contributed by atoms with Crippen molar-refractivity contribution in [2.75, 3.05) is 19.0 Å². The Morgan fingerprint density at radius 1 is 1.27 bits per heavy atom. The first kappa shape index (κ1) is 16.3. The summed E-state index contributed by atoms with van der Waals surface area (Å²) in [6.07, 6.45) is 0. The third kappa shape index (κ3) is 3.75. The standard InChI is InChI=1S/C16H16ClFN2O2/c1-19-14-7-4-11(8-13(14)18)16(22)20-15(9-21)10-2-5-12(17)6-3-10/h2-8,15,19,21H,9H2,1H3,(H,20,22). The Balaban J connectivity index is 2.15. The van der Waals surface area contributed by atoms with Gasteiger partial charge in [0.15, 0.2) is 0 Å². The van der Waals surface area contributed by atoms with Gasteiger partial charge in [-0.1, -0.05) is 23.7 Å². The summed E-state index contributed by atoms with van der Waals surface area (Å²) in [7, 11) is 1.60. The maximum atomic E-state index is 13.7. The zero-order chi connectivity index (χ0) is 16.1. The molecule has 2 aromatic rings. The third-order valence-electron chi connectivity index (χ3n) is 3.26. The highest BCUT2D eigenvalue weighted by Gasteiger charge is 2.16. The molecule has 4 nitrogen and oxygen atoms in total. The molecule has 0 saturated heterocycles. The quantitative estimate of drug-likeness (QED) is 0.793. The Morgan fingerprint density at radius 2 is 1.95 bits per heavy atom. The monoisotopic (exact) mass is 322 g/mol. The van der Waals surface area contributed by atoms with Gasteiger partial charge in [0.05, 0.1) is 18.3 Å². The van der Waals surface area contributed by atoms with Crippen molar-refractivity contribution in [3.05, 3.63) is 64.4 Å². The van der Waals surface area contributed by atoms with Crippen LogP contribution in [0.3, 0.4) is 0 Å². The largest absolute Gasteiger partial charge is 0.394 e. The minimum atomic E-state index is -0.586. The molecule has 0 saturated carbocycles. The number of rotatable bonds is 5. The molecule has 0 bridgehead atoms. The van der Waals surface area contributed by atoms with Gasteiger partial charge in [0.1, 0.15) is 5.82 Å². The van der Waals surface area contributed by atoms with E-state index in [1.807, 2.05) is 0 Å². The molecule has 0 aliphatic carbocycles. The molecule has 0 aromatic heterocycles. The molecule has 0 radical (unpaired) electrons. The van der Waals surface area contributed by atoms with Crippen LogP contribution in [0.1, 0.15) is 22.0 Å². The smallest absolute Gasteiger partial charge is 0.251 e. The number of halogens is 2. The average molecular weight is 323 g/mol. The lowest BCUT2D eigenvalue weighted by Gasteiger charge is -2.17. The molecule has 6 heteroatoms. The molecule has 1 amide bonds. The van der Waals surface area contributed by atoms with Crippen LogP contribution in [0.2, 0.25) is 5.02 Å². The highest BCUT2D eigenvalue weighted by molar-refractivity contribution is 6.30. The fourth-order valence-corrected chi connectivity index (χ4v) is 2.16. The van der Waals surface area contributed by atoms with Crippen LogP contribution in [0, 0.1) is 5.82 Å². The summed E-state index contributed by atoms with van der Waals surface area (Å²) < 4.78 is 13.7. The van der Waals surface area contributed by atoms with Gasteiger partial charge in [0.2, 0.25) is 0 Å². The second-order valence-corrected chi connectivity index (χ2v) is 5.14. The fraction of sp³-hybridized carbons (Fsp3) is 0.188. The summed E-state index contributed by atoms with van der Waals surface area (Å²) in [5, 5.41) is 15.4. The molecule has 0 aliphatic heterocycles. The summed E-state index contributed by atoms with van der Waals surface area (Å²) in [6, 6.07) is 10.3. The van der Waals surface area contributed by atoms with Crippen LogP contribution in [0.25, 0.3) is 0 Å². The van der Waals surface area contributed by atoms with E-state index in [9.17, 15) is 14.3 Å². The van der Waals surface area contributed by atoms with Crippen molar-refractivity contribution >= 4 is 23.2 Å². The van der Waals surface area contributed by atoms with Crippen LogP contribution in [0.5, 0.6) is 0 Å². The Morgan fingerprint density at radius 3 is 2.50 bits per heavy atom.